The minimum absolute atomic E-state index is 0.00721. The molecule has 2 aliphatic carbocycles. The van der Waals surface area contributed by atoms with Crippen molar-refractivity contribution in [2.75, 3.05) is 6.54 Å². The minimum atomic E-state index is -1.91. The first-order chi connectivity index (χ1) is 38.0. The van der Waals surface area contributed by atoms with Gasteiger partial charge in [0.05, 0.1) is 0 Å². The van der Waals surface area contributed by atoms with Crippen molar-refractivity contribution < 1.29 is 58.7 Å². The molecule has 3 heterocycles. The van der Waals surface area contributed by atoms with Crippen LogP contribution in [0.3, 0.4) is 0 Å². The van der Waals surface area contributed by atoms with E-state index in [4.69, 9.17) is 16.3 Å². The molecule has 16 atom stereocenters. The molecular weight excluding hydrogens is 1060 g/mol. The molecule has 2 saturated carbocycles. The highest BCUT2D eigenvalue weighted by molar-refractivity contribution is 6.30. The summed E-state index contributed by atoms with van der Waals surface area (Å²) in [7, 11) is 0. The molecule has 1 aromatic heterocycles. The van der Waals surface area contributed by atoms with Crippen LogP contribution in [0.25, 0.3) is 0 Å². The Morgan fingerprint density at radius 1 is 0.787 bits per heavy atom. The van der Waals surface area contributed by atoms with Gasteiger partial charge in [0.1, 0.15) is 59.2 Å². The van der Waals surface area contributed by atoms with Crippen LogP contribution in [0.1, 0.15) is 114 Å². The summed E-state index contributed by atoms with van der Waals surface area (Å²) in [6.07, 6.45) is 2.12. The molecule has 25 heteroatoms. The average Bonchev–Trinajstić information content (AvgIpc) is 4.33. The van der Waals surface area contributed by atoms with Crippen molar-refractivity contribution in [3.05, 3.63) is 117 Å². The molecule has 0 bridgehead atoms. The molecule has 7 amide bonds. The third-order valence-electron chi connectivity index (χ3n) is 16.0. The Labute approximate surface area is 468 Å². The molecule has 9 N–H and O–H groups in total. The SMILES string of the molecule is CC=CC1CC2C(=O)OC(C)C(NC(=O)C(CC3CC3N([O-])O)NC(=O)c3ccc(Cl)n3O)C(=O)NC(C(C)c3ccccc3)C(=O)NC(CC3CC3N([O-])O)C(=O)NC(C(C)c3ccccc3)C(=O)NC(C(C)CC)C(=O)N2C1. The van der Waals surface area contributed by atoms with Gasteiger partial charge >= 0.3 is 5.97 Å². The van der Waals surface area contributed by atoms with Crippen molar-refractivity contribution >= 4 is 58.9 Å². The van der Waals surface area contributed by atoms with Crippen LogP contribution in [0.4, 0.5) is 0 Å². The number of carbonyl (C=O) groups excluding carboxylic acids is 8. The Morgan fingerprint density at radius 3 is 1.86 bits per heavy atom. The van der Waals surface area contributed by atoms with Gasteiger partial charge in [-0.25, -0.2) is 4.79 Å². The lowest BCUT2D eigenvalue weighted by Crippen LogP contribution is -2.62. The number of hydroxylamine groups is 4. The Hall–Kier alpha value is -6.93. The third kappa shape index (κ3) is 14.5. The minimum Gasteiger partial charge on any atom is -0.762 e. The topological polar surface area (TPSA) is 339 Å². The van der Waals surface area contributed by atoms with Gasteiger partial charge in [0, 0.05) is 30.5 Å². The zero-order chi connectivity index (χ0) is 58.3. The molecule has 434 valence electrons. The number of cyclic esters (lactones) is 1. The van der Waals surface area contributed by atoms with Gasteiger partial charge in [0.25, 0.3) is 5.91 Å². The van der Waals surface area contributed by atoms with E-state index in [1.807, 2.05) is 13.0 Å². The average molecular weight is 1130 g/mol. The molecule has 3 aromatic rings. The van der Waals surface area contributed by atoms with E-state index < -0.39 is 143 Å². The summed E-state index contributed by atoms with van der Waals surface area (Å²) in [5.74, 6) is -11.3. The monoisotopic (exact) mass is 1130 g/mol. The summed E-state index contributed by atoms with van der Waals surface area (Å²) in [6, 6.07) is 7.18. The van der Waals surface area contributed by atoms with Crippen molar-refractivity contribution in [2.24, 2.45) is 23.7 Å². The fourth-order valence-corrected chi connectivity index (χ4v) is 10.9. The number of halogens is 1. The maximum Gasteiger partial charge on any atom is 0.329 e. The zero-order valence-corrected chi connectivity index (χ0v) is 46.0. The summed E-state index contributed by atoms with van der Waals surface area (Å²) in [5.41, 5.74) is 0.761. The molecule has 80 heavy (non-hydrogen) atoms. The lowest BCUT2D eigenvalue weighted by molar-refractivity contribution is -0.161. The van der Waals surface area contributed by atoms with Gasteiger partial charge in [-0.15, -0.1) is 0 Å². The van der Waals surface area contributed by atoms with Crippen LogP contribution >= 0.6 is 11.6 Å². The Balaban J connectivity index is 1.33. The highest BCUT2D eigenvalue weighted by atomic mass is 35.5. The van der Waals surface area contributed by atoms with Crippen LogP contribution < -0.4 is 31.9 Å². The molecule has 4 fully saturated rings. The zero-order valence-electron chi connectivity index (χ0n) is 45.3. The molecule has 16 unspecified atom stereocenters. The first kappa shape index (κ1) is 60.7. The fourth-order valence-electron chi connectivity index (χ4n) is 10.7. The van der Waals surface area contributed by atoms with Crippen molar-refractivity contribution in [1.82, 2.24) is 52.0 Å². The maximum absolute atomic E-state index is 15.2. The summed E-state index contributed by atoms with van der Waals surface area (Å²) in [4.78, 5) is 120. The summed E-state index contributed by atoms with van der Waals surface area (Å²) in [5, 5.41) is 69.5. The Bertz CT molecular complexity index is 2750. The predicted molar refractivity (Wildman–Crippen MR) is 288 cm³/mol. The van der Waals surface area contributed by atoms with E-state index in [0.717, 1.165) is 0 Å². The number of nitrogens with one attached hydrogen (secondary N) is 6. The van der Waals surface area contributed by atoms with Gasteiger partial charge in [0.2, 0.25) is 35.4 Å². The second-order valence-electron chi connectivity index (χ2n) is 21.5. The molecule has 4 aliphatic rings. The van der Waals surface area contributed by atoms with Gasteiger partial charge < -0.3 is 67.6 Å². The quantitative estimate of drug-likeness (QED) is 0.0405. The van der Waals surface area contributed by atoms with E-state index in [-0.39, 0.29) is 60.2 Å². The first-order valence-corrected chi connectivity index (χ1v) is 27.3. The number of aromatic nitrogens is 1. The van der Waals surface area contributed by atoms with E-state index in [1.54, 1.807) is 94.4 Å². The van der Waals surface area contributed by atoms with Crippen LogP contribution in [0.2, 0.25) is 5.15 Å². The lowest BCUT2D eigenvalue weighted by atomic mass is 9.90. The Morgan fingerprint density at radius 2 is 1.34 bits per heavy atom. The van der Waals surface area contributed by atoms with Crippen LogP contribution in [0.15, 0.2) is 84.9 Å². The van der Waals surface area contributed by atoms with E-state index in [0.29, 0.717) is 22.3 Å². The molecule has 7 rings (SSSR count). The molecule has 2 aliphatic heterocycles. The van der Waals surface area contributed by atoms with E-state index in [2.05, 4.69) is 31.9 Å². The second-order valence-corrected chi connectivity index (χ2v) is 21.9. The van der Waals surface area contributed by atoms with Crippen molar-refractivity contribution in [3.8, 4) is 0 Å². The smallest absolute Gasteiger partial charge is 0.329 e. The molecular formula is C55H71ClN10O14-2. The first-order valence-electron chi connectivity index (χ1n) is 27.0. The van der Waals surface area contributed by atoms with E-state index >= 15 is 14.4 Å². The number of rotatable bonds is 17. The lowest BCUT2D eigenvalue weighted by Gasteiger charge is -2.34. The largest absolute Gasteiger partial charge is 0.762 e. The molecule has 0 spiro atoms. The number of carbonyl (C=O) groups is 8. The highest BCUT2D eigenvalue weighted by Crippen LogP contribution is 2.40. The van der Waals surface area contributed by atoms with Crippen molar-refractivity contribution in [2.45, 2.75) is 152 Å². The van der Waals surface area contributed by atoms with Crippen molar-refractivity contribution in [3.63, 3.8) is 0 Å². The summed E-state index contributed by atoms with van der Waals surface area (Å²) < 4.78 is 6.46. The Kier molecular flexibility index (Phi) is 20.2. The molecule has 0 radical (unpaired) electrons. The predicted octanol–water partition coefficient (Wildman–Crippen LogP) is 3.23. The van der Waals surface area contributed by atoms with Crippen LogP contribution in [0.5, 0.6) is 0 Å². The third-order valence-corrected chi connectivity index (χ3v) is 16.3. The second kappa shape index (κ2) is 26.6. The number of ether oxygens (including phenoxy) is 1. The number of fused-ring (bicyclic) bond motifs is 1. The van der Waals surface area contributed by atoms with Gasteiger partial charge in [-0.3, -0.25) is 44.0 Å². The van der Waals surface area contributed by atoms with E-state index in [9.17, 15) is 50.0 Å². The molecule has 2 saturated heterocycles. The fraction of sp³-hybridized carbons (Fsp3) is 0.527. The number of benzene rings is 2. The van der Waals surface area contributed by atoms with Crippen LogP contribution in [-0.4, -0.2) is 150 Å². The van der Waals surface area contributed by atoms with Crippen LogP contribution in [0, 0.1) is 34.1 Å². The standard InChI is InChI=1S/C55H71ClN10O14/c1-7-15-32-22-42-55(74)80-31(6)47(62-49(68)37(23-35-25-40(35)65(76)77)57-50(69)39-20-21-43(56)64(39)75)53(72)61-45(29(4)33-16-11-9-12-17-33)51(70)58-38(24-36-26-41(36)66(78)79)48(67)60-46(30(5)34-18-13-10-14-19-34)52(71)59-44(28(3)8-2)54(73)63(42)27-32/h7,9-21,28-32,35-38,40-42,44-47,75-76,78H,8,22-27H2,1-6H3,(H,57,69)(H,58,70)(H,59,71)(H,60,67)(H,61,72)(H,62,68)/q-2. The van der Waals surface area contributed by atoms with Crippen LogP contribution in [-0.2, 0) is 38.3 Å². The number of hydrogen-bond donors (Lipinski definition) is 9. The van der Waals surface area contributed by atoms with Gasteiger partial charge in [-0.1, -0.05) is 119 Å². The van der Waals surface area contributed by atoms with Crippen molar-refractivity contribution in [1.29, 1.82) is 0 Å². The molecule has 24 nitrogen and oxygen atoms in total. The number of nitrogens with zero attached hydrogens (tertiary/aromatic N) is 4. The normalized spacial score (nSPS) is 29.4. The number of hydrogen-bond acceptors (Lipinski definition) is 16. The number of allylic oxidation sites excluding steroid dienone is 1. The van der Waals surface area contributed by atoms with E-state index in [1.165, 1.54) is 24.0 Å². The number of amides is 7. The molecule has 2 aromatic carbocycles. The van der Waals surface area contributed by atoms with Gasteiger partial charge in [-0.2, -0.15) is 4.73 Å². The summed E-state index contributed by atoms with van der Waals surface area (Å²) in [6.45, 7) is 9.95. The number of esters is 1. The maximum atomic E-state index is 15.2. The summed E-state index contributed by atoms with van der Waals surface area (Å²) >= 11 is 5.99. The van der Waals surface area contributed by atoms with Gasteiger partial charge in [0.15, 0.2) is 0 Å². The highest BCUT2D eigenvalue weighted by Gasteiger charge is 2.48. The van der Waals surface area contributed by atoms with Gasteiger partial charge in [-0.05, 0) is 92.9 Å².